The molecule has 4 fully saturated rings. The molecule has 1 aromatic heterocycles. The molecule has 2 bridgehead atoms. The number of benzene rings is 1. The zero-order valence-electron chi connectivity index (χ0n) is 16.0. The first-order chi connectivity index (χ1) is 13.7. The highest BCUT2D eigenvalue weighted by Crippen LogP contribution is 2.33. The van der Waals surface area contributed by atoms with Crippen LogP contribution in [0.25, 0.3) is 5.69 Å². The summed E-state index contributed by atoms with van der Waals surface area (Å²) in [6, 6.07) is 9.65. The van der Waals surface area contributed by atoms with Crippen molar-refractivity contribution in [3.8, 4) is 5.69 Å². The summed E-state index contributed by atoms with van der Waals surface area (Å²) >= 11 is 0. The summed E-state index contributed by atoms with van der Waals surface area (Å²) in [5.41, 5.74) is 1.65. The molecule has 0 N–H and O–H groups in total. The monoisotopic (exact) mass is 378 g/mol. The summed E-state index contributed by atoms with van der Waals surface area (Å²) in [6.07, 6.45) is 8.99. The minimum atomic E-state index is 0.0830. The van der Waals surface area contributed by atoms with Crippen LogP contribution in [0.4, 0.5) is 0 Å². The average Bonchev–Trinajstić information content (AvgIpc) is 3.06. The Morgan fingerprint density at radius 1 is 0.964 bits per heavy atom. The molecule has 1 aliphatic carbocycles. The summed E-state index contributed by atoms with van der Waals surface area (Å²) in [6.45, 7) is 2.27. The van der Waals surface area contributed by atoms with E-state index in [4.69, 9.17) is 0 Å². The van der Waals surface area contributed by atoms with E-state index >= 15 is 0 Å². The molecule has 3 saturated heterocycles. The van der Waals surface area contributed by atoms with Crippen LogP contribution in [0, 0.1) is 11.8 Å². The molecular formula is C22H26N4O2. The molecule has 1 aromatic carbocycles. The molecule has 0 spiro atoms. The lowest BCUT2D eigenvalue weighted by molar-refractivity contribution is -0.138. The lowest BCUT2D eigenvalue weighted by atomic mass is 9.84. The van der Waals surface area contributed by atoms with E-state index in [1.807, 2.05) is 41.4 Å². The van der Waals surface area contributed by atoms with Crippen LogP contribution in [0.1, 0.15) is 42.5 Å². The Balaban J connectivity index is 1.32. The molecule has 2 atom stereocenters. The first-order valence-electron chi connectivity index (χ1n) is 10.4. The Kier molecular flexibility index (Phi) is 4.41. The highest BCUT2D eigenvalue weighted by molar-refractivity contribution is 5.94. The van der Waals surface area contributed by atoms with E-state index in [9.17, 15) is 9.59 Å². The number of aromatic nitrogens is 2. The van der Waals surface area contributed by atoms with Crippen molar-refractivity contribution in [1.29, 1.82) is 0 Å². The third-order valence-corrected chi connectivity index (χ3v) is 6.62. The number of fused-ring (bicyclic) bond motifs is 4. The normalized spacial score (nSPS) is 24.7. The van der Waals surface area contributed by atoms with Gasteiger partial charge in [-0.3, -0.25) is 9.59 Å². The van der Waals surface area contributed by atoms with Crippen LogP contribution in [0.3, 0.4) is 0 Å². The molecular weight excluding hydrogens is 352 g/mol. The van der Waals surface area contributed by atoms with Crippen LogP contribution >= 0.6 is 0 Å². The van der Waals surface area contributed by atoms with Gasteiger partial charge in [0.2, 0.25) is 5.91 Å². The third-order valence-electron chi connectivity index (χ3n) is 6.62. The van der Waals surface area contributed by atoms with Gasteiger partial charge >= 0.3 is 0 Å². The van der Waals surface area contributed by atoms with Crippen LogP contribution in [-0.2, 0) is 4.79 Å². The van der Waals surface area contributed by atoms with E-state index in [1.165, 1.54) is 6.42 Å². The van der Waals surface area contributed by atoms with Gasteiger partial charge in [-0.05, 0) is 61.9 Å². The van der Waals surface area contributed by atoms with Gasteiger partial charge in [0.15, 0.2) is 0 Å². The molecule has 6 heteroatoms. The highest BCUT2D eigenvalue weighted by Gasteiger charge is 2.40. The lowest BCUT2D eigenvalue weighted by Gasteiger charge is -2.36. The Bertz CT molecular complexity index is 857. The Labute approximate surface area is 165 Å². The number of hydrogen-bond donors (Lipinski definition) is 0. The molecule has 4 aliphatic rings. The summed E-state index contributed by atoms with van der Waals surface area (Å²) in [5, 5.41) is 4.23. The number of piperidine rings is 1. The fourth-order valence-electron chi connectivity index (χ4n) is 4.77. The van der Waals surface area contributed by atoms with Crippen molar-refractivity contribution < 1.29 is 9.59 Å². The second-order valence-electron chi connectivity index (χ2n) is 8.42. The van der Waals surface area contributed by atoms with Gasteiger partial charge in [0.05, 0.1) is 5.69 Å². The van der Waals surface area contributed by atoms with Gasteiger partial charge in [0.1, 0.15) is 0 Å². The number of rotatable bonds is 3. The van der Waals surface area contributed by atoms with E-state index in [2.05, 4.69) is 10.00 Å². The smallest absolute Gasteiger partial charge is 0.254 e. The van der Waals surface area contributed by atoms with Gasteiger partial charge in [-0.1, -0.05) is 6.42 Å². The minimum Gasteiger partial charge on any atom is -0.340 e. The predicted octanol–water partition coefficient (Wildman–Crippen LogP) is 2.74. The van der Waals surface area contributed by atoms with Gasteiger partial charge < -0.3 is 9.80 Å². The number of amides is 2. The van der Waals surface area contributed by atoms with E-state index in [-0.39, 0.29) is 17.9 Å². The van der Waals surface area contributed by atoms with Crippen molar-refractivity contribution in [1.82, 2.24) is 19.6 Å². The topological polar surface area (TPSA) is 58.4 Å². The first-order valence-corrected chi connectivity index (χ1v) is 10.4. The van der Waals surface area contributed by atoms with Crippen LogP contribution in [0.5, 0.6) is 0 Å². The number of nitrogens with zero attached hydrogens (tertiary/aromatic N) is 4. The predicted molar refractivity (Wildman–Crippen MR) is 105 cm³/mol. The zero-order valence-corrected chi connectivity index (χ0v) is 16.0. The van der Waals surface area contributed by atoms with Crippen molar-refractivity contribution in [3.05, 3.63) is 48.3 Å². The molecule has 28 heavy (non-hydrogen) atoms. The number of carbonyl (C=O) groups excluding carboxylic acids is 2. The molecule has 2 amide bonds. The maximum absolute atomic E-state index is 13.2. The van der Waals surface area contributed by atoms with Gasteiger partial charge in [0.25, 0.3) is 5.91 Å². The van der Waals surface area contributed by atoms with Gasteiger partial charge in [-0.15, -0.1) is 0 Å². The SMILES string of the molecule is O=C(C1CCC1)N1C[C@@H]2CC[C@H](C1)N(C(=O)c1ccc(-n3cccn3)cc1)C2. The van der Waals surface area contributed by atoms with Crippen LogP contribution < -0.4 is 0 Å². The van der Waals surface area contributed by atoms with E-state index in [0.717, 1.165) is 44.5 Å². The average molecular weight is 378 g/mol. The first kappa shape index (κ1) is 17.5. The van der Waals surface area contributed by atoms with Crippen molar-refractivity contribution in [2.75, 3.05) is 19.6 Å². The van der Waals surface area contributed by atoms with E-state index < -0.39 is 0 Å². The molecule has 4 heterocycles. The summed E-state index contributed by atoms with van der Waals surface area (Å²) < 4.78 is 1.78. The number of hydrogen-bond acceptors (Lipinski definition) is 3. The highest BCUT2D eigenvalue weighted by atomic mass is 16.2. The van der Waals surface area contributed by atoms with Gasteiger partial charge in [-0.25, -0.2) is 4.68 Å². The largest absolute Gasteiger partial charge is 0.340 e. The Morgan fingerprint density at radius 2 is 1.79 bits per heavy atom. The Hall–Kier alpha value is -2.63. The summed E-state index contributed by atoms with van der Waals surface area (Å²) in [4.78, 5) is 30.1. The third kappa shape index (κ3) is 3.11. The molecule has 146 valence electrons. The maximum atomic E-state index is 13.2. The van der Waals surface area contributed by atoms with Crippen LogP contribution in [0.2, 0.25) is 0 Å². The van der Waals surface area contributed by atoms with Crippen molar-refractivity contribution >= 4 is 11.8 Å². The molecule has 0 radical (unpaired) electrons. The summed E-state index contributed by atoms with van der Waals surface area (Å²) in [5.74, 6) is 1.03. The molecule has 0 unspecified atom stereocenters. The van der Waals surface area contributed by atoms with E-state index in [1.54, 1.807) is 10.9 Å². The van der Waals surface area contributed by atoms with Crippen LogP contribution in [-0.4, -0.2) is 57.1 Å². The fraction of sp³-hybridized carbons (Fsp3) is 0.500. The molecule has 6 rings (SSSR count). The standard InChI is InChI=1S/C22H26N4O2/c27-21(17-3-1-4-17)24-13-16-5-8-20(15-24)25(14-16)22(28)18-6-9-19(10-7-18)26-12-2-11-23-26/h2,6-7,9-12,16-17,20H,1,3-5,8,13-15H2/t16-,20+/m0/s1. The number of carbonyl (C=O) groups is 2. The minimum absolute atomic E-state index is 0.0830. The maximum Gasteiger partial charge on any atom is 0.254 e. The molecule has 1 saturated carbocycles. The molecule has 6 nitrogen and oxygen atoms in total. The van der Waals surface area contributed by atoms with Gasteiger partial charge in [-0.2, -0.15) is 5.10 Å². The second kappa shape index (κ2) is 7.08. The fourth-order valence-corrected chi connectivity index (χ4v) is 4.77. The van der Waals surface area contributed by atoms with Crippen molar-refractivity contribution in [2.45, 2.75) is 38.1 Å². The van der Waals surface area contributed by atoms with Crippen LogP contribution in [0.15, 0.2) is 42.7 Å². The molecule has 2 aromatic rings. The Morgan fingerprint density at radius 3 is 2.46 bits per heavy atom. The molecule has 3 aliphatic heterocycles. The summed E-state index contributed by atoms with van der Waals surface area (Å²) in [7, 11) is 0. The van der Waals surface area contributed by atoms with Crippen molar-refractivity contribution in [3.63, 3.8) is 0 Å². The zero-order chi connectivity index (χ0) is 19.1. The second-order valence-corrected chi connectivity index (χ2v) is 8.42. The lowest BCUT2D eigenvalue weighted by Crippen LogP contribution is -2.48. The quantitative estimate of drug-likeness (QED) is 0.825. The van der Waals surface area contributed by atoms with Gasteiger partial charge in [0, 0.05) is 49.6 Å². The van der Waals surface area contributed by atoms with Crippen molar-refractivity contribution in [2.24, 2.45) is 11.8 Å². The van der Waals surface area contributed by atoms with E-state index in [0.29, 0.717) is 23.9 Å².